The van der Waals surface area contributed by atoms with Crippen LogP contribution in [0.25, 0.3) is 0 Å². The molecule has 0 fully saturated rings. The van der Waals surface area contributed by atoms with Crippen molar-refractivity contribution >= 4 is 22.1 Å². The van der Waals surface area contributed by atoms with Gasteiger partial charge in [-0.1, -0.05) is 92.6 Å². The zero-order chi connectivity index (χ0) is 13.6. The van der Waals surface area contributed by atoms with Crippen molar-refractivity contribution in [3.8, 4) is 0 Å². The predicted molar refractivity (Wildman–Crippen MR) is 90.3 cm³/mol. The van der Waals surface area contributed by atoms with Crippen molar-refractivity contribution in [2.75, 3.05) is 0 Å². The molecule has 0 heterocycles. The molecule has 0 radical (unpaired) electrons. The summed E-state index contributed by atoms with van der Waals surface area (Å²) in [5.41, 5.74) is 0.789. The second-order valence-corrected chi connectivity index (χ2v) is 14.6. The van der Waals surface area contributed by atoms with Gasteiger partial charge in [0.05, 0.1) is 16.9 Å². The number of hydrogen-bond acceptors (Lipinski definition) is 0. The molecular weight excluding hydrogens is 248 g/mol. The first-order chi connectivity index (χ1) is 8.41. The first-order valence-electron chi connectivity index (χ1n) is 6.81. The minimum absolute atomic E-state index is 0.529. The molecule has 1 aromatic carbocycles. The summed E-state index contributed by atoms with van der Waals surface area (Å²) in [6.07, 6.45) is 8.93. The summed E-state index contributed by atoms with van der Waals surface area (Å²) in [5, 5.41) is 1.55. The van der Waals surface area contributed by atoms with E-state index in [0.29, 0.717) is 0 Å². The Morgan fingerprint density at radius 3 is 1.67 bits per heavy atom. The lowest BCUT2D eigenvalue weighted by molar-refractivity contribution is 1.29. The van der Waals surface area contributed by atoms with Crippen LogP contribution in [0.15, 0.2) is 54.6 Å². The average molecular weight is 275 g/mol. The lowest BCUT2D eigenvalue weighted by atomic mass is 10.4. The molecule has 0 atom stereocenters. The molecule has 2 heteroatoms. The van der Waals surface area contributed by atoms with E-state index in [0.717, 1.165) is 5.54 Å². The van der Waals surface area contributed by atoms with E-state index in [-0.39, 0.29) is 0 Å². The van der Waals surface area contributed by atoms with E-state index < -0.39 is 16.9 Å². The van der Waals surface area contributed by atoms with Gasteiger partial charge in [0, 0.05) is 0 Å². The van der Waals surface area contributed by atoms with Crippen LogP contribution in [-0.4, -0.2) is 16.9 Å². The average Bonchev–Trinajstić information content (AvgIpc) is 2.84. The van der Waals surface area contributed by atoms with E-state index in [1.165, 1.54) is 0 Å². The fraction of sp³-hybridized carbons (Fsp3) is 0.375. The number of allylic oxidation sites excluding steroid dienone is 4. The van der Waals surface area contributed by atoms with Crippen molar-refractivity contribution in [2.45, 2.75) is 38.3 Å². The fourth-order valence-electron chi connectivity index (χ4n) is 1.85. The lowest BCUT2D eigenvalue weighted by Crippen LogP contribution is -2.24. The van der Waals surface area contributed by atoms with E-state index >= 15 is 0 Å². The highest BCUT2D eigenvalue weighted by Crippen LogP contribution is 2.27. The molecule has 0 aliphatic heterocycles. The largest absolute Gasteiger partial charge is 0.0804 e. The standard InChI is InChI=1S/C8H14Si.C8H12Si/c1-9(2,3)8-6-4-5-7-8;1-9(2)8-6-4-3-5-7-8/h4-8H,1-3H3;3-7,9H,1-2H3. The molecule has 18 heavy (non-hydrogen) atoms. The monoisotopic (exact) mass is 274 g/mol. The molecule has 1 aliphatic rings. The number of benzene rings is 1. The molecule has 0 aromatic heterocycles. The fourth-order valence-corrected chi connectivity index (χ4v) is 4.22. The Morgan fingerprint density at radius 2 is 1.39 bits per heavy atom. The quantitative estimate of drug-likeness (QED) is 0.709. The molecule has 0 amide bonds. The summed E-state index contributed by atoms with van der Waals surface area (Å²) in [7, 11) is -1.43. The maximum Gasteiger partial charge on any atom is 0.0647 e. The molecule has 0 N–H and O–H groups in total. The number of hydrogen-bond donors (Lipinski definition) is 0. The van der Waals surface area contributed by atoms with Crippen LogP contribution in [0.5, 0.6) is 0 Å². The van der Waals surface area contributed by atoms with Crippen LogP contribution in [-0.2, 0) is 0 Å². The Balaban J connectivity index is 0.000000180. The van der Waals surface area contributed by atoms with E-state index in [4.69, 9.17) is 0 Å². The van der Waals surface area contributed by atoms with Gasteiger partial charge in [-0.15, -0.1) is 0 Å². The SMILES string of the molecule is C[SiH](C)c1ccccc1.C[Si](C)(C)C1C=CC=C1. The van der Waals surface area contributed by atoms with Gasteiger partial charge in [-0.2, -0.15) is 0 Å². The maximum absolute atomic E-state index is 2.40. The normalized spacial score (nSPS) is 14.8. The van der Waals surface area contributed by atoms with Gasteiger partial charge < -0.3 is 0 Å². The second-order valence-electron chi connectivity index (χ2n) is 6.23. The summed E-state index contributed by atoms with van der Waals surface area (Å²) >= 11 is 0. The topological polar surface area (TPSA) is 0 Å². The highest BCUT2D eigenvalue weighted by molar-refractivity contribution is 6.78. The van der Waals surface area contributed by atoms with Gasteiger partial charge in [0.15, 0.2) is 0 Å². The highest BCUT2D eigenvalue weighted by Gasteiger charge is 2.22. The van der Waals surface area contributed by atoms with Crippen molar-refractivity contribution in [2.24, 2.45) is 0 Å². The van der Waals surface area contributed by atoms with Gasteiger partial charge >= 0.3 is 0 Å². The third-order valence-electron chi connectivity index (χ3n) is 3.21. The Morgan fingerprint density at radius 1 is 0.889 bits per heavy atom. The third kappa shape index (κ3) is 5.19. The van der Waals surface area contributed by atoms with Gasteiger partial charge in [-0.25, -0.2) is 0 Å². The van der Waals surface area contributed by atoms with Crippen LogP contribution in [0.2, 0.25) is 38.3 Å². The third-order valence-corrected chi connectivity index (χ3v) is 7.32. The second kappa shape index (κ2) is 6.90. The zero-order valence-electron chi connectivity index (χ0n) is 12.4. The Bertz CT molecular complexity index is 385. The van der Waals surface area contributed by atoms with Crippen LogP contribution in [0.4, 0.5) is 0 Å². The summed E-state index contributed by atoms with van der Waals surface area (Å²) in [5.74, 6) is 0. The Kier molecular flexibility index (Phi) is 5.83. The summed E-state index contributed by atoms with van der Waals surface area (Å²) < 4.78 is 0. The molecule has 98 valence electrons. The van der Waals surface area contributed by atoms with Crippen LogP contribution in [0, 0.1) is 0 Å². The number of rotatable bonds is 2. The molecule has 1 aromatic rings. The summed E-state index contributed by atoms with van der Waals surface area (Å²) in [6.45, 7) is 11.9. The molecule has 0 unspecified atom stereocenters. The van der Waals surface area contributed by atoms with Crippen molar-refractivity contribution in [1.82, 2.24) is 0 Å². The molecule has 0 nitrogen and oxygen atoms in total. The van der Waals surface area contributed by atoms with Gasteiger partial charge in [-0.05, 0) is 5.54 Å². The minimum atomic E-state index is -0.898. The zero-order valence-corrected chi connectivity index (χ0v) is 14.5. The van der Waals surface area contributed by atoms with E-state index in [9.17, 15) is 0 Å². The Hall–Kier alpha value is -0.866. The maximum atomic E-state index is 2.40. The van der Waals surface area contributed by atoms with Gasteiger partial charge in [0.25, 0.3) is 0 Å². The predicted octanol–water partition coefficient (Wildman–Crippen LogP) is 4.20. The highest BCUT2D eigenvalue weighted by atomic mass is 28.3. The van der Waals surface area contributed by atoms with Crippen LogP contribution in [0.1, 0.15) is 0 Å². The van der Waals surface area contributed by atoms with Crippen LogP contribution >= 0.6 is 0 Å². The summed E-state index contributed by atoms with van der Waals surface area (Å²) in [6, 6.07) is 10.7. The van der Waals surface area contributed by atoms with E-state index in [2.05, 4.69) is 87.4 Å². The van der Waals surface area contributed by atoms with Gasteiger partial charge in [0.2, 0.25) is 0 Å². The molecule has 2 rings (SSSR count). The van der Waals surface area contributed by atoms with Crippen molar-refractivity contribution in [3.63, 3.8) is 0 Å². The van der Waals surface area contributed by atoms with E-state index in [1.54, 1.807) is 5.19 Å². The molecule has 1 aliphatic carbocycles. The minimum Gasteiger partial charge on any atom is -0.0804 e. The molecule has 0 saturated carbocycles. The van der Waals surface area contributed by atoms with Gasteiger partial charge in [0.1, 0.15) is 0 Å². The molecular formula is C16H26Si2. The van der Waals surface area contributed by atoms with Crippen LogP contribution < -0.4 is 5.19 Å². The molecule has 0 saturated heterocycles. The van der Waals surface area contributed by atoms with Gasteiger partial charge in [-0.3, -0.25) is 0 Å². The smallest absolute Gasteiger partial charge is 0.0647 e. The molecule has 0 spiro atoms. The van der Waals surface area contributed by atoms with Crippen LogP contribution in [0.3, 0.4) is 0 Å². The summed E-state index contributed by atoms with van der Waals surface area (Å²) in [4.78, 5) is 0. The first kappa shape index (κ1) is 15.2. The van der Waals surface area contributed by atoms with Crippen molar-refractivity contribution in [1.29, 1.82) is 0 Å². The molecule has 0 bridgehead atoms. The van der Waals surface area contributed by atoms with Crippen molar-refractivity contribution in [3.05, 3.63) is 54.6 Å². The van der Waals surface area contributed by atoms with E-state index in [1.807, 2.05) is 0 Å². The first-order valence-corrected chi connectivity index (χ1v) is 13.3. The van der Waals surface area contributed by atoms with Crippen molar-refractivity contribution < 1.29 is 0 Å². The Labute approximate surface area is 115 Å². The lowest BCUT2D eigenvalue weighted by Gasteiger charge is -2.20.